The van der Waals surface area contributed by atoms with E-state index in [0.29, 0.717) is 18.8 Å². The molecule has 2 aliphatic rings. The molecule has 0 bridgehead atoms. The molecule has 7 nitrogen and oxygen atoms in total. The summed E-state index contributed by atoms with van der Waals surface area (Å²) in [6.07, 6.45) is 5.09. The van der Waals surface area contributed by atoms with Crippen LogP contribution in [0, 0.1) is 6.92 Å². The Morgan fingerprint density at radius 1 is 1.07 bits per heavy atom. The Bertz CT molecular complexity index is 884. The second-order valence-electron chi connectivity index (χ2n) is 6.00. The summed E-state index contributed by atoms with van der Waals surface area (Å²) < 4.78 is 5.35. The molecule has 1 aromatic rings. The SMILES string of the molecule is CC(=O)CC1=C2C=CC(=O)C=C2CO1.Cc1c(C(=O)O)cccc1C(=O)O. The summed E-state index contributed by atoms with van der Waals surface area (Å²) in [5.74, 6) is -1.48. The number of allylic oxidation sites excluding steroid dienone is 4. The van der Waals surface area contributed by atoms with E-state index in [4.69, 9.17) is 14.9 Å². The highest BCUT2D eigenvalue weighted by atomic mass is 16.5. The summed E-state index contributed by atoms with van der Waals surface area (Å²) in [4.78, 5) is 43.1. The van der Waals surface area contributed by atoms with E-state index in [0.717, 1.165) is 11.1 Å². The molecule has 0 radical (unpaired) electrons. The first-order valence-electron chi connectivity index (χ1n) is 8.05. The van der Waals surface area contributed by atoms with E-state index in [1.807, 2.05) is 0 Å². The Balaban J connectivity index is 0.000000194. The van der Waals surface area contributed by atoms with Crippen LogP contribution >= 0.6 is 0 Å². The normalized spacial score (nSPS) is 14.6. The lowest BCUT2D eigenvalue weighted by molar-refractivity contribution is -0.117. The molecule has 3 rings (SSSR count). The van der Waals surface area contributed by atoms with E-state index in [1.54, 1.807) is 12.2 Å². The van der Waals surface area contributed by atoms with E-state index in [1.165, 1.54) is 38.1 Å². The first kappa shape index (κ1) is 19.8. The molecule has 2 N–H and O–H groups in total. The van der Waals surface area contributed by atoms with Gasteiger partial charge in [0.1, 0.15) is 18.1 Å². The van der Waals surface area contributed by atoms with Gasteiger partial charge in [0.15, 0.2) is 5.78 Å². The van der Waals surface area contributed by atoms with Gasteiger partial charge < -0.3 is 14.9 Å². The molecule has 0 aromatic heterocycles. The number of carbonyl (C=O) groups is 4. The third-order valence-electron chi connectivity index (χ3n) is 3.98. The minimum absolute atomic E-state index is 0.0172. The molecule has 0 unspecified atom stereocenters. The van der Waals surface area contributed by atoms with Gasteiger partial charge in [-0.25, -0.2) is 9.59 Å². The number of aromatic carboxylic acids is 2. The summed E-state index contributed by atoms with van der Waals surface area (Å²) in [6, 6.07) is 4.17. The first-order chi connectivity index (χ1) is 12.7. The van der Waals surface area contributed by atoms with Crippen molar-refractivity contribution in [3.8, 4) is 0 Å². The third-order valence-corrected chi connectivity index (χ3v) is 3.98. The standard InChI is InChI=1S/C11H10O3.C9H8O4/c1-7(12)4-11-10-3-2-9(13)5-8(10)6-14-11;1-5-6(8(10)11)3-2-4-7(5)9(12)13/h2-3,5H,4,6H2,1H3;2-4H,1H3,(H,10,11)(H,12,13). The Labute approximate surface area is 155 Å². The molecule has 0 amide bonds. The van der Waals surface area contributed by atoms with E-state index in [2.05, 4.69) is 0 Å². The van der Waals surface area contributed by atoms with Crippen LogP contribution in [0.4, 0.5) is 0 Å². The maximum absolute atomic E-state index is 11.0. The molecular formula is C20H18O7. The minimum Gasteiger partial charge on any atom is -0.492 e. The molecule has 27 heavy (non-hydrogen) atoms. The Morgan fingerprint density at radius 2 is 1.67 bits per heavy atom. The maximum Gasteiger partial charge on any atom is 0.335 e. The number of carboxylic acid groups (broad SMARTS) is 2. The largest absolute Gasteiger partial charge is 0.492 e. The fourth-order valence-electron chi connectivity index (χ4n) is 2.68. The van der Waals surface area contributed by atoms with Crippen molar-refractivity contribution in [2.75, 3.05) is 6.61 Å². The Hall–Kier alpha value is -3.48. The molecule has 0 saturated carbocycles. The average Bonchev–Trinajstić information content (AvgIpc) is 2.96. The van der Waals surface area contributed by atoms with Crippen molar-refractivity contribution in [2.45, 2.75) is 20.3 Å². The monoisotopic (exact) mass is 370 g/mol. The van der Waals surface area contributed by atoms with Crippen LogP contribution in [0.2, 0.25) is 0 Å². The van der Waals surface area contributed by atoms with E-state index in [9.17, 15) is 19.2 Å². The first-order valence-corrected chi connectivity index (χ1v) is 8.05. The van der Waals surface area contributed by atoms with Crippen molar-refractivity contribution in [2.24, 2.45) is 0 Å². The minimum atomic E-state index is -1.11. The number of fused-ring (bicyclic) bond motifs is 1. The molecule has 0 atom stereocenters. The summed E-state index contributed by atoms with van der Waals surface area (Å²) in [5, 5.41) is 17.4. The van der Waals surface area contributed by atoms with Crippen LogP contribution < -0.4 is 0 Å². The highest BCUT2D eigenvalue weighted by Crippen LogP contribution is 2.30. The molecule has 0 fully saturated rings. The number of carbonyl (C=O) groups excluding carboxylic acids is 2. The second kappa shape index (κ2) is 8.27. The van der Waals surface area contributed by atoms with Crippen LogP contribution in [0.3, 0.4) is 0 Å². The van der Waals surface area contributed by atoms with Gasteiger partial charge in [0, 0.05) is 11.1 Å². The van der Waals surface area contributed by atoms with Gasteiger partial charge in [0.2, 0.25) is 0 Å². The zero-order valence-electron chi connectivity index (χ0n) is 14.8. The second-order valence-corrected chi connectivity index (χ2v) is 6.00. The number of carboxylic acids is 2. The van der Waals surface area contributed by atoms with Gasteiger partial charge in [-0.2, -0.15) is 0 Å². The molecule has 7 heteroatoms. The van der Waals surface area contributed by atoms with Crippen molar-refractivity contribution in [3.63, 3.8) is 0 Å². The van der Waals surface area contributed by atoms with Crippen LogP contribution in [-0.2, 0) is 14.3 Å². The van der Waals surface area contributed by atoms with Crippen molar-refractivity contribution >= 4 is 23.5 Å². The third kappa shape index (κ3) is 4.78. The maximum atomic E-state index is 11.0. The lowest BCUT2D eigenvalue weighted by Gasteiger charge is -2.03. The van der Waals surface area contributed by atoms with Crippen LogP contribution in [0.5, 0.6) is 0 Å². The molecule has 0 saturated heterocycles. The van der Waals surface area contributed by atoms with Crippen molar-refractivity contribution < 1.29 is 34.1 Å². The van der Waals surface area contributed by atoms with Gasteiger partial charge in [0.05, 0.1) is 17.5 Å². The number of Topliss-reactive ketones (excluding diaryl/α,β-unsaturated/α-hetero) is 1. The fourth-order valence-corrected chi connectivity index (χ4v) is 2.68. The molecule has 140 valence electrons. The number of hydrogen-bond donors (Lipinski definition) is 2. The summed E-state index contributed by atoms with van der Waals surface area (Å²) >= 11 is 0. The van der Waals surface area contributed by atoms with Gasteiger partial charge in [-0.05, 0) is 49.8 Å². The zero-order chi connectivity index (χ0) is 20.1. The molecule has 1 aromatic carbocycles. The van der Waals surface area contributed by atoms with E-state index < -0.39 is 11.9 Å². The van der Waals surface area contributed by atoms with E-state index in [-0.39, 0.29) is 28.3 Å². The fraction of sp³-hybridized carbons (Fsp3) is 0.200. The van der Waals surface area contributed by atoms with Gasteiger partial charge in [-0.1, -0.05) is 6.07 Å². The number of ether oxygens (including phenoxy) is 1. The summed E-state index contributed by atoms with van der Waals surface area (Å²) in [5.41, 5.74) is 2.12. The Morgan fingerprint density at radius 3 is 2.19 bits per heavy atom. The van der Waals surface area contributed by atoms with Crippen molar-refractivity contribution in [1.29, 1.82) is 0 Å². The lowest BCUT2D eigenvalue weighted by atomic mass is 9.99. The number of rotatable bonds is 4. The molecule has 1 aliphatic heterocycles. The highest BCUT2D eigenvalue weighted by Gasteiger charge is 2.23. The van der Waals surface area contributed by atoms with Crippen LogP contribution in [-0.4, -0.2) is 40.3 Å². The van der Waals surface area contributed by atoms with Crippen LogP contribution in [0.25, 0.3) is 0 Å². The van der Waals surface area contributed by atoms with Gasteiger partial charge >= 0.3 is 11.9 Å². The van der Waals surface area contributed by atoms with Crippen molar-refractivity contribution in [3.05, 3.63) is 70.0 Å². The van der Waals surface area contributed by atoms with Gasteiger partial charge in [-0.3, -0.25) is 9.59 Å². The quantitative estimate of drug-likeness (QED) is 0.836. The average molecular weight is 370 g/mol. The summed E-state index contributed by atoms with van der Waals surface area (Å²) in [7, 11) is 0. The van der Waals surface area contributed by atoms with Crippen LogP contribution in [0.15, 0.2) is 53.3 Å². The predicted molar refractivity (Wildman–Crippen MR) is 95.6 cm³/mol. The number of hydrogen-bond acceptors (Lipinski definition) is 5. The highest BCUT2D eigenvalue weighted by molar-refractivity contribution is 6.02. The molecule has 1 heterocycles. The van der Waals surface area contributed by atoms with Crippen molar-refractivity contribution in [1.82, 2.24) is 0 Å². The van der Waals surface area contributed by atoms with Gasteiger partial charge in [0.25, 0.3) is 0 Å². The number of ketones is 2. The zero-order valence-corrected chi connectivity index (χ0v) is 14.8. The Kier molecular flexibility index (Phi) is 6.07. The van der Waals surface area contributed by atoms with E-state index >= 15 is 0 Å². The predicted octanol–water partition coefficient (Wildman–Crippen LogP) is 2.71. The molecular weight excluding hydrogens is 352 g/mol. The molecule has 1 aliphatic carbocycles. The lowest BCUT2D eigenvalue weighted by Crippen LogP contribution is -2.06. The van der Waals surface area contributed by atoms with Crippen LogP contribution in [0.1, 0.15) is 39.6 Å². The smallest absolute Gasteiger partial charge is 0.335 e. The molecule has 0 spiro atoms. The van der Waals surface area contributed by atoms with Gasteiger partial charge in [-0.15, -0.1) is 0 Å². The number of benzene rings is 1. The summed E-state index contributed by atoms with van der Waals surface area (Å²) in [6.45, 7) is 3.41. The topological polar surface area (TPSA) is 118 Å².